The van der Waals surface area contributed by atoms with Crippen LogP contribution in [0, 0.1) is 13.8 Å². The van der Waals surface area contributed by atoms with Crippen LogP contribution in [0.3, 0.4) is 0 Å². The molecular weight excluding hydrogens is 372 g/mol. The summed E-state index contributed by atoms with van der Waals surface area (Å²) in [6.45, 7) is 5.79. The molecular formula is C19H17ClN2O3S. The highest BCUT2D eigenvalue weighted by atomic mass is 35.5. The summed E-state index contributed by atoms with van der Waals surface area (Å²) < 4.78 is 5.15. The number of aromatic nitrogens is 1. The summed E-state index contributed by atoms with van der Waals surface area (Å²) in [5, 5.41) is 3.92. The lowest BCUT2D eigenvalue weighted by atomic mass is 10.1. The van der Waals surface area contributed by atoms with Gasteiger partial charge in [0.25, 0.3) is 5.91 Å². The predicted molar refractivity (Wildman–Crippen MR) is 104 cm³/mol. The van der Waals surface area contributed by atoms with Crippen molar-refractivity contribution in [2.75, 3.05) is 11.9 Å². The molecule has 2 aromatic heterocycles. The number of fused-ring (bicyclic) bond motifs is 1. The van der Waals surface area contributed by atoms with E-state index in [1.165, 1.54) is 11.3 Å². The summed E-state index contributed by atoms with van der Waals surface area (Å²) in [4.78, 5) is 30.6. The molecule has 0 atom stereocenters. The average Bonchev–Trinajstić information content (AvgIpc) is 2.94. The number of anilines is 1. The van der Waals surface area contributed by atoms with Gasteiger partial charge in [-0.3, -0.25) is 4.79 Å². The van der Waals surface area contributed by atoms with E-state index < -0.39 is 5.97 Å². The summed E-state index contributed by atoms with van der Waals surface area (Å²) in [6.07, 6.45) is 0. The average molecular weight is 389 g/mol. The minimum atomic E-state index is -0.484. The summed E-state index contributed by atoms with van der Waals surface area (Å²) >= 11 is 7.33. The zero-order chi connectivity index (χ0) is 18.8. The second-order valence-corrected chi connectivity index (χ2v) is 7.13. The number of esters is 1. The molecule has 0 aliphatic rings. The Balaban J connectivity index is 2.13. The number of pyridine rings is 1. The van der Waals surface area contributed by atoms with Crippen LogP contribution in [0.15, 0.2) is 30.3 Å². The molecule has 5 nitrogen and oxygen atoms in total. The molecule has 1 amide bonds. The number of nitrogens with one attached hydrogen (secondary N) is 1. The van der Waals surface area contributed by atoms with Gasteiger partial charge in [-0.15, -0.1) is 11.3 Å². The molecule has 1 aromatic carbocycles. The van der Waals surface area contributed by atoms with E-state index in [1.807, 2.05) is 19.9 Å². The maximum absolute atomic E-state index is 12.7. The molecule has 0 saturated heterocycles. The van der Waals surface area contributed by atoms with Crippen LogP contribution in [0.25, 0.3) is 10.2 Å². The maximum atomic E-state index is 12.7. The Hall–Kier alpha value is -2.44. The number of carbonyl (C=O) groups is 2. The van der Waals surface area contributed by atoms with Crippen LogP contribution in [-0.4, -0.2) is 23.5 Å². The summed E-state index contributed by atoms with van der Waals surface area (Å²) in [5.41, 5.74) is 2.52. The van der Waals surface area contributed by atoms with Crippen molar-refractivity contribution in [3.8, 4) is 0 Å². The maximum Gasteiger partial charge on any atom is 0.350 e. The molecule has 0 aliphatic heterocycles. The van der Waals surface area contributed by atoms with E-state index in [1.54, 1.807) is 31.2 Å². The molecule has 26 heavy (non-hydrogen) atoms. The Morgan fingerprint density at radius 2 is 2.00 bits per heavy atom. The lowest BCUT2D eigenvalue weighted by molar-refractivity contribution is 0.0533. The van der Waals surface area contributed by atoms with Gasteiger partial charge in [-0.25, -0.2) is 9.78 Å². The number of nitrogens with zero attached hydrogens (tertiary/aromatic N) is 1. The minimum Gasteiger partial charge on any atom is -0.462 e. The van der Waals surface area contributed by atoms with Crippen LogP contribution in [0.5, 0.6) is 0 Å². The lowest BCUT2D eigenvalue weighted by Crippen LogP contribution is -2.15. The smallest absolute Gasteiger partial charge is 0.350 e. The second kappa shape index (κ2) is 7.43. The number of carbonyl (C=O) groups excluding carboxylic acids is 2. The second-order valence-electron chi connectivity index (χ2n) is 5.72. The predicted octanol–water partition coefficient (Wildman–Crippen LogP) is 5.00. The third-order valence-electron chi connectivity index (χ3n) is 3.81. The monoisotopic (exact) mass is 388 g/mol. The molecule has 0 aliphatic carbocycles. The number of aryl methyl sites for hydroxylation is 2. The molecule has 3 aromatic rings. The van der Waals surface area contributed by atoms with E-state index in [0.29, 0.717) is 26.0 Å². The standard InChI is InChI=1S/C19H17ClN2O3S/c1-4-25-19(24)16-15(14-10(2)9-11(3)21-18(14)26-16)22-17(23)12-7-5-6-8-13(12)20/h5-9H,4H2,1-3H3,(H,22,23). The first-order valence-electron chi connectivity index (χ1n) is 8.06. The van der Waals surface area contributed by atoms with E-state index in [-0.39, 0.29) is 12.5 Å². The minimum absolute atomic E-state index is 0.246. The summed E-state index contributed by atoms with van der Waals surface area (Å²) in [6, 6.07) is 8.67. The first-order chi connectivity index (χ1) is 12.4. The first kappa shape index (κ1) is 18.4. The van der Waals surface area contributed by atoms with Crippen LogP contribution in [-0.2, 0) is 4.74 Å². The van der Waals surface area contributed by atoms with E-state index in [0.717, 1.165) is 16.6 Å². The Labute approximate surface area is 160 Å². The molecule has 0 radical (unpaired) electrons. The Morgan fingerprint density at radius 1 is 1.27 bits per heavy atom. The lowest BCUT2D eigenvalue weighted by Gasteiger charge is -2.09. The number of amides is 1. The fourth-order valence-corrected chi connectivity index (χ4v) is 4.09. The molecule has 0 saturated carbocycles. The Morgan fingerprint density at radius 3 is 2.69 bits per heavy atom. The highest BCUT2D eigenvalue weighted by molar-refractivity contribution is 7.21. The van der Waals surface area contributed by atoms with Crippen molar-refractivity contribution in [3.05, 3.63) is 57.1 Å². The van der Waals surface area contributed by atoms with E-state index in [4.69, 9.17) is 16.3 Å². The van der Waals surface area contributed by atoms with Crippen molar-refractivity contribution in [3.63, 3.8) is 0 Å². The van der Waals surface area contributed by atoms with Gasteiger partial charge < -0.3 is 10.1 Å². The third-order valence-corrected chi connectivity index (χ3v) is 5.20. The molecule has 0 bridgehead atoms. The Bertz CT molecular complexity index is 1010. The number of rotatable bonds is 4. The van der Waals surface area contributed by atoms with Crippen molar-refractivity contribution in [2.45, 2.75) is 20.8 Å². The van der Waals surface area contributed by atoms with Crippen molar-refractivity contribution in [1.82, 2.24) is 4.98 Å². The van der Waals surface area contributed by atoms with Gasteiger partial charge in [0.15, 0.2) is 0 Å². The van der Waals surface area contributed by atoms with Crippen LogP contribution in [0.2, 0.25) is 5.02 Å². The van der Waals surface area contributed by atoms with Gasteiger partial charge in [0.2, 0.25) is 0 Å². The van der Waals surface area contributed by atoms with E-state index in [2.05, 4.69) is 10.3 Å². The van der Waals surface area contributed by atoms with Gasteiger partial charge in [0, 0.05) is 11.1 Å². The highest BCUT2D eigenvalue weighted by Crippen LogP contribution is 2.38. The normalized spacial score (nSPS) is 10.8. The van der Waals surface area contributed by atoms with Gasteiger partial charge in [0.05, 0.1) is 22.9 Å². The largest absolute Gasteiger partial charge is 0.462 e. The van der Waals surface area contributed by atoms with Crippen LogP contribution >= 0.6 is 22.9 Å². The zero-order valence-corrected chi connectivity index (χ0v) is 16.1. The molecule has 134 valence electrons. The number of hydrogen-bond donors (Lipinski definition) is 1. The van der Waals surface area contributed by atoms with Crippen molar-refractivity contribution in [1.29, 1.82) is 0 Å². The quantitative estimate of drug-likeness (QED) is 0.639. The molecule has 0 unspecified atom stereocenters. The third kappa shape index (κ3) is 3.43. The first-order valence-corrected chi connectivity index (χ1v) is 9.25. The number of ether oxygens (including phenoxy) is 1. The fourth-order valence-electron chi connectivity index (χ4n) is 2.73. The van der Waals surface area contributed by atoms with E-state index in [9.17, 15) is 9.59 Å². The highest BCUT2D eigenvalue weighted by Gasteiger charge is 2.24. The number of halogens is 1. The van der Waals surface area contributed by atoms with Crippen molar-refractivity contribution < 1.29 is 14.3 Å². The van der Waals surface area contributed by atoms with Crippen LogP contribution < -0.4 is 5.32 Å². The Kier molecular flexibility index (Phi) is 5.25. The van der Waals surface area contributed by atoms with Crippen molar-refractivity contribution in [2.24, 2.45) is 0 Å². The van der Waals surface area contributed by atoms with Crippen molar-refractivity contribution >= 4 is 50.7 Å². The SMILES string of the molecule is CCOC(=O)c1sc2nc(C)cc(C)c2c1NC(=O)c1ccccc1Cl. The van der Waals surface area contributed by atoms with Crippen LogP contribution in [0.1, 0.15) is 38.2 Å². The molecule has 2 heterocycles. The summed E-state index contributed by atoms with van der Waals surface area (Å²) in [7, 11) is 0. The molecule has 7 heteroatoms. The number of hydrogen-bond acceptors (Lipinski definition) is 5. The molecule has 3 rings (SSSR count). The fraction of sp³-hybridized carbons (Fsp3) is 0.211. The molecule has 1 N–H and O–H groups in total. The van der Waals surface area contributed by atoms with Gasteiger partial charge in [-0.2, -0.15) is 0 Å². The van der Waals surface area contributed by atoms with Gasteiger partial charge >= 0.3 is 5.97 Å². The molecule has 0 fully saturated rings. The molecule has 0 spiro atoms. The van der Waals surface area contributed by atoms with Gasteiger partial charge in [-0.1, -0.05) is 23.7 Å². The van der Waals surface area contributed by atoms with Crippen LogP contribution in [0.4, 0.5) is 5.69 Å². The van der Waals surface area contributed by atoms with Gasteiger partial charge in [0.1, 0.15) is 9.71 Å². The summed E-state index contributed by atoms with van der Waals surface area (Å²) in [5.74, 6) is -0.872. The number of thiophene rings is 1. The number of benzene rings is 1. The zero-order valence-electron chi connectivity index (χ0n) is 14.6. The van der Waals surface area contributed by atoms with Gasteiger partial charge in [-0.05, 0) is 44.5 Å². The van der Waals surface area contributed by atoms with E-state index >= 15 is 0 Å². The topological polar surface area (TPSA) is 68.3 Å².